The molecule has 2 aromatic heterocycles. The highest BCUT2D eigenvalue weighted by Gasteiger charge is 2.03. The topological polar surface area (TPSA) is 79.0 Å². The van der Waals surface area contributed by atoms with Gasteiger partial charge < -0.3 is 0 Å². The molecule has 6 heteroatoms. The summed E-state index contributed by atoms with van der Waals surface area (Å²) in [5, 5.41) is 7.56. The van der Waals surface area contributed by atoms with Gasteiger partial charge in [0.05, 0.1) is 17.8 Å². The molecule has 0 aromatic carbocycles. The van der Waals surface area contributed by atoms with Crippen molar-refractivity contribution < 1.29 is 0 Å². The summed E-state index contributed by atoms with van der Waals surface area (Å²) in [5.41, 5.74) is 10.9. The number of rotatable bonds is 2. The van der Waals surface area contributed by atoms with Crippen molar-refractivity contribution >= 4 is 5.52 Å². The summed E-state index contributed by atoms with van der Waals surface area (Å²) in [6.07, 6.45) is 1.46. The van der Waals surface area contributed by atoms with E-state index in [9.17, 15) is 0 Å². The van der Waals surface area contributed by atoms with Crippen LogP contribution in [0.25, 0.3) is 16.0 Å². The summed E-state index contributed by atoms with van der Waals surface area (Å²) < 4.78 is 1.77. The lowest BCUT2D eigenvalue weighted by Crippen LogP contribution is -1.99. The largest absolute Gasteiger partial charge is 0.237 e. The van der Waals surface area contributed by atoms with Crippen LogP contribution in [0, 0.1) is 6.92 Å². The average Bonchev–Trinajstić information content (AvgIpc) is 2.58. The summed E-state index contributed by atoms with van der Waals surface area (Å²) in [7, 11) is 0. The molecule has 0 amide bonds. The molecular weight excluding hydrogens is 180 g/mol. The van der Waals surface area contributed by atoms with Gasteiger partial charge in [-0.1, -0.05) is 5.11 Å². The van der Waals surface area contributed by atoms with Crippen molar-refractivity contribution in [3.8, 4) is 0 Å². The predicted molar refractivity (Wildman–Crippen MR) is 50.6 cm³/mol. The van der Waals surface area contributed by atoms with Crippen molar-refractivity contribution in [2.24, 2.45) is 5.11 Å². The van der Waals surface area contributed by atoms with Gasteiger partial charge in [0.15, 0.2) is 0 Å². The van der Waals surface area contributed by atoms with Gasteiger partial charge in [-0.3, -0.25) is 0 Å². The summed E-state index contributed by atoms with van der Waals surface area (Å²) in [6.45, 7) is 2.21. The average molecular weight is 188 g/mol. The van der Waals surface area contributed by atoms with Crippen LogP contribution < -0.4 is 0 Å². The fourth-order valence-electron chi connectivity index (χ4n) is 1.34. The number of azide groups is 1. The molecule has 0 radical (unpaired) electrons. The minimum absolute atomic E-state index is 0.256. The van der Waals surface area contributed by atoms with E-state index in [1.807, 2.05) is 19.1 Å². The third-order valence-corrected chi connectivity index (χ3v) is 2.00. The van der Waals surface area contributed by atoms with Gasteiger partial charge >= 0.3 is 0 Å². The van der Waals surface area contributed by atoms with Crippen molar-refractivity contribution in [3.05, 3.63) is 40.3 Å². The second-order valence-electron chi connectivity index (χ2n) is 2.87. The predicted octanol–water partition coefficient (Wildman–Crippen LogP) is 1.85. The minimum atomic E-state index is 0.256. The first-order chi connectivity index (χ1) is 6.83. The van der Waals surface area contributed by atoms with Crippen molar-refractivity contribution in [1.29, 1.82) is 0 Å². The van der Waals surface area contributed by atoms with Crippen LogP contribution in [0.3, 0.4) is 0 Å². The second kappa shape index (κ2) is 3.35. The maximum Gasteiger partial charge on any atom is 0.136 e. The Labute approximate surface area is 79.8 Å². The van der Waals surface area contributed by atoms with E-state index in [-0.39, 0.29) is 6.54 Å². The highest BCUT2D eigenvalue weighted by atomic mass is 15.2. The van der Waals surface area contributed by atoms with E-state index in [2.05, 4.69) is 20.1 Å². The second-order valence-corrected chi connectivity index (χ2v) is 2.87. The number of aromatic nitrogens is 3. The first-order valence-corrected chi connectivity index (χ1v) is 4.12. The number of aryl methyl sites for hydroxylation is 1. The SMILES string of the molecule is Cc1ccc2c(CN=[N+]=[N-])ncnn12. The molecule has 2 rings (SSSR count). The first kappa shape index (κ1) is 8.52. The molecule has 0 N–H and O–H groups in total. The van der Waals surface area contributed by atoms with Gasteiger partial charge in [0.2, 0.25) is 0 Å². The van der Waals surface area contributed by atoms with E-state index in [0.717, 1.165) is 16.9 Å². The molecule has 0 aliphatic rings. The summed E-state index contributed by atoms with van der Waals surface area (Å²) in [6, 6.07) is 3.86. The molecule has 0 fully saturated rings. The molecule has 0 atom stereocenters. The Morgan fingerprint density at radius 3 is 3.21 bits per heavy atom. The van der Waals surface area contributed by atoms with Gasteiger partial charge in [-0.2, -0.15) is 5.10 Å². The Morgan fingerprint density at radius 2 is 2.43 bits per heavy atom. The van der Waals surface area contributed by atoms with E-state index in [1.54, 1.807) is 4.52 Å². The third kappa shape index (κ3) is 1.27. The molecular formula is C8H8N6. The lowest BCUT2D eigenvalue weighted by molar-refractivity contribution is 0.835. The molecule has 6 nitrogen and oxygen atoms in total. The highest BCUT2D eigenvalue weighted by Crippen LogP contribution is 2.11. The Morgan fingerprint density at radius 1 is 1.57 bits per heavy atom. The molecule has 2 heterocycles. The lowest BCUT2D eigenvalue weighted by atomic mass is 10.4. The van der Waals surface area contributed by atoms with Crippen molar-refractivity contribution in [1.82, 2.24) is 14.6 Å². The number of hydrogen-bond donors (Lipinski definition) is 0. The molecule has 0 saturated carbocycles. The van der Waals surface area contributed by atoms with Crippen LogP contribution in [0.2, 0.25) is 0 Å². The molecule has 0 bridgehead atoms. The smallest absolute Gasteiger partial charge is 0.136 e. The quantitative estimate of drug-likeness (QED) is 0.409. The standard InChI is InChI=1S/C8H8N6/c1-6-2-3-8-7(4-11-13-9)10-5-12-14(6)8/h2-3,5H,4H2,1H3. The highest BCUT2D eigenvalue weighted by molar-refractivity contribution is 5.52. The van der Waals surface area contributed by atoms with Gasteiger partial charge in [-0.25, -0.2) is 9.50 Å². The Hall–Kier alpha value is -2.07. The normalized spacial score (nSPS) is 10.1. The van der Waals surface area contributed by atoms with E-state index in [4.69, 9.17) is 5.53 Å². The van der Waals surface area contributed by atoms with Crippen LogP contribution in [0.1, 0.15) is 11.4 Å². The fraction of sp³-hybridized carbons (Fsp3) is 0.250. The lowest BCUT2D eigenvalue weighted by Gasteiger charge is -1.99. The maximum absolute atomic E-state index is 8.21. The molecule has 0 saturated heterocycles. The fourth-order valence-corrected chi connectivity index (χ4v) is 1.34. The molecule has 70 valence electrons. The van der Waals surface area contributed by atoms with Crippen LogP contribution in [0.4, 0.5) is 0 Å². The van der Waals surface area contributed by atoms with E-state index in [1.165, 1.54) is 6.33 Å². The van der Waals surface area contributed by atoms with Gasteiger partial charge in [0, 0.05) is 10.6 Å². The summed E-state index contributed by atoms with van der Waals surface area (Å²) in [5.74, 6) is 0. The van der Waals surface area contributed by atoms with Gasteiger partial charge in [-0.05, 0) is 24.6 Å². The Balaban J connectivity index is 2.59. The molecule has 14 heavy (non-hydrogen) atoms. The van der Waals surface area contributed by atoms with Gasteiger partial charge in [-0.15, -0.1) is 0 Å². The van der Waals surface area contributed by atoms with Gasteiger partial charge in [0.25, 0.3) is 0 Å². The number of nitrogens with zero attached hydrogens (tertiary/aromatic N) is 6. The maximum atomic E-state index is 8.21. The van der Waals surface area contributed by atoms with Crippen LogP contribution >= 0.6 is 0 Å². The zero-order valence-electron chi connectivity index (χ0n) is 7.62. The molecule has 0 unspecified atom stereocenters. The number of hydrogen-bond acceptors (Lipinski definition) is 3. The molecule has 0 aliphatic carbocycles. The molecule has 2 aromatic rings. The van der Waals surface area contributed by atoms with Crippen molar-refractivity contribution in [2.45, 2.75) is 13.5 Å². The first-order valence-electron chi connectivity index (χ1n) is 4.12. The summed E-state index contributed by atoms with van der Waals surface area (Å²) >= 11 is 0. The van der Waals surface area contributed by atoms with E-state index >= 15 is 0 Å². The van der Waals surface area contributed by atoms with Gasteiger partial charge in [0.1, 0.15) is 6.33 Å². The zero-order chi connectivity index (χ0) is 9.97. The van der Waals surface area contributed by atoms with E-state index in [0.29, 0.717) is 0 Å². The Bertz CT molecular complexity index is 508. The minimum Gasteiger partial charge on any atom is -0.237 e. The Kier molecular flexibility index (Phi) is 2.04. The van der Waals surface area contributed by atoms with Crippen LogP contribution in [-0.2, 0) is 6.54 Å². The monoisotopic (exact) mass is 188 g/mol. The summed E-state index contributed by atoms with van der Waals surface area (Å²) in [4.78, 5) is 6.76. The van der Waals surface area contributed by atoms with Crippen LogP contribution in [0.15, 0.2) is 23.6 Å². The zero-order valence-corrected chi connectivity index (χ0v) is 7.62. The van der Waals surface area contributed by atoms with Crippen LogP contribution in [-0.4, -0.2) is 14.6 Å². The van der Waals surface area contributed by atoms with E-state index < -0.39 is 0 Å². The van der Waals surface area contributed by atoms with Crippen molar-refractivity contribution in [2.75, 3.05) is 0 Å². The number of fused-ring (bicyclic) bond motifs is 1. The molecule has 0 spiro atoms. The third-order valence-electron chi connectivity index (χ3n) is 2.00. The van der Waals surface area contributed by atoms with Crippen molar-refractivity contribution in [3.63, 3.8) is 0 Å². The van der Waals surface area contributed by atoms with Crippen LogP contribution in [0.5, 0.6) is 0 Å². The molecule has 0 aliphatic heterocycles.